The summed E-state index contributed by atoms with van der Waals surface area (Å²) in [5.41, 5.74) is 10.2. The van der Waals surface area contributed by atoms with Gasteiger partial charge < -0.3 is 14.2 Å². The summed E-state index contributed by atoms with van der Waals surface area (Å²) >= 11 is 0. The van der Waals surface area contributed by atoms with Gasteiger partial charge in [-0.2, -0.15) is 0 Å². The van der Waals surface area contributed by atoms with E-state index in [1.807, 2.05) is 6.07 Å². The minimum absolute atomic E-state index is 0.153. The third-order valence-corrected chi connectivity index (χ3v) is 9.11. The fourth-order valence-electron chi connectivity index (χ4n) is 7.20. The molecule has 3 heteroatoms. The van der Waals surface area contributed by atoms with E-state index < -0.39 is 0 Å². The average molecular weight is 443 g/mol. The van der Waals surface area contributed by atoms with E-state index in [0.29, 0.717) is 0 Å². The molecule has 3 heterocycles. The van der Waals surface area contributed by atoms with Crippen LogP contribution in [0.25, 0.3) is 21.9 Å². The van der Waals surface area contributed by atoms with Gasteiger partial charge in [-0.1, -0.05) is 62.4 Å². The van der Waals surface area contributed by atoms with Crippen LogP contribution in [0, 0.1) is 12.3 Å². The van der Waals surface area contributed by atoms with Gasteiger partial charge in [0.1, 0.15) is 17.3 Å². The molecular weight excluding hydrogens is 416 g/mol. The molecule has 5 aromatic rings. The van der Waals surface area contributed by atoms with Crippen molar-refractivity contribution in [3.63, 3.8) is 0 Å². The van der Waals surface area contributed by atoms with Crippen molar-refractivity contribution in [2.24, 2.45) is 5.41 Å². The highest BCUT2D eigenvalue weighted by Crippen LogP contribution is 2.75. The fourth-order valence-corrected chi connectivity index (χ4v) is 7.20. The Kier molecular flexibility index (Phi) is 3.21. The first-order valence-electron chi connectivity index (χ1n) is 12.2. The number of hydrogen-bond donors (Lipinski definition) is 0. The summed E-state index contributed by atoms with van der Waals surface area (Å²) in [7, 11) is 0. The van der Waals surface area contributed by atoms with Gasteiger partial charge >= 0.3 is 0 Å². The van der Waals surface area contributed by atoms with Gasteiger partial charge in [-0.05, 0) is 60.9 Å². The van der Waals surface area contributed by atoms with Gasteiger partial charge in [0.05, 0.1) is 11.4 Å². The summed E-state index contributed by atoms with van der Waals surface area (Å²) in [5, 5.41) is 2.42. The summed E-state index contributed by atoms with van der Waals surface area (Å²) in [6.07, 6.45) is 1.43. The van der Waals surface area contributed by atoms with E-state index in [1.165, 1.54) is 51.1 Å². The van der Waals surface area contributed by atoms with Crippen LogP contribution in [0.5, 0.6) is 0 Å². The summed E-state index contributed by atoms with van der Waals surface area (Å²) in [6.45, 7) is 7.21. The molecule has 3 aliphatic rings. The zero-order chi connectivity index (χ0) is 22.8. The maximum absolute atomic E-state index is 6.21. The molecule has 8 rings (SSSR count). The van der Waals surface area contributed by atoms with Crippen LogP contribution in [0.4, 0.5) is 22.7 Å². The van der Waals surface area contributed by atoms with Crippen molar-refractivity contribution in [2.75, 3.05) is 9.80 Å². The van der Waals surface area contributed by atoms with Crippen molar-refractivity contribution < 1.29 is 4.42 Å². The number of anilines is 4. The molecule has 3 unspecified atom stereocenters. The molecule has 0 amide bonds. The highest BCUT2D eigenvalue weighted by atomic mass is 16.3. The van der Waals surface area contributed by atoms with Crippen LogP contribution in [0.2, 0.25) is 0 Å². The molecular formula is C31H26N2O. The van der Waals surface area contributed by atoms with Gasteiger partial charge in [0, 0.05) is 33.0 Å². The van der Waals surface area contributed by atoms with Crippen LogP contribution < -0.4 is 9.80 Å². The monoisotopic (exact) mass is 442 g/mol. The predicted octanol–water partition coefficient (Wildman–Crippen LogP) is 8.19. The fraction of sp³-hybridized carbons (Fsp3) is 0.226. The van der Waals surface area contributed by atoms with Gasteiger partial charge in [-0.25, -0.2) is 0 Å². The lowest BCUT2D eigenvalue weighted by Crippen LogP contribution is -2.50. The minimum atomic E-state index is 0.153. The number of hydrogen-bond acceptors (Lipinski definition) is 3. The first-order chi connectivity index (χ1) is 16.5. The van der Waals surface area contributed by atoms with Gasteiger partial charge in [-0.3, -0.25) is 0 Å². The van der Waals surface area contributed by atoms with Gasteiger partial charge in [0.25, 0.3) is 0 Å². The summed E-state index contributed by atoms with van der Waals surface area (Å²) < 4.78 is 6.21. The second kappa shape index (κ2) is 5.85. The topological polar surface area (TPSA) is 19.6 Å². The Hall–Kier alpha value is -3.72. The summed E-state index contributed by atoms with van der Waals surface area (Å²) in [5.74, 6) is 0. The Balaban J connectivity index is 1.43. The van der Waals surface area contributed by atoms with E-state index in [1.54, 1.807) is 0 Å². The molecule has 1 aliphatic carbocycles. The molecule has 0 radical (unpaired) electrons. The van der Waals surface area contributed by atoms with Crippen LogP contribution in [-0.4, -0.2) is 6.17 Å². The average Bonchev–Trinajstić information content (AvgIpc) is 3.15. The Morgan fingerprint density at radius 2 is 1.35 bits per heavy atom. The van der Waals surface area contributed by atoms with Crippen molar-refractivity contribution in [3.05, 3.63) is 96.1 Å². The standard InChI is InChI=1S/C31H26N2O/c1-19-22(16-17-27-28(19)20-10-4-9-15-26(20)34-27)32-24-13-7-8-14-25(24)33-23-12-6-5-11-21(23)30(2)18-31(30,3)29(32)33/h4-17,29H,18H2,1-3H3. The highest BCUT2D eigenvalue weighted by molar-refractivity contribution is 6.09. The second-order valence-electron chi connectivity index (χ2n) is 10.7. The van der Waals surface area contributed by atoms with Crippen LogP contribution in [0.3, 0.4) is 0 Å². The summed E-state index contributed by atoms with van der Waals surface area (Å²) in [6, 6.07) is 30.8. The van der Waals surface area contributed by atoms with Crippen LogP contribution in [-0.2, 0) is 5.41 Å². The normalized spacial score (nSPS) is 26.4. The van der Waals surface area contributed by atoms with Crippen molar-refractivity contribution >= 4 is 44.7 Å². The number of aryl methyl sites for hydroxylation is 1. The second-order valence-corrected chi connectivity index (χ2v) is 10.7. The SMILES string of the molecule is Cc1c(N2c3ccccc3N3c4ccccc4C4(C)CC4(C)C32)ccc2oc3ccccc3c12. The quantitative estimate of drug-likeness (QED) is 0.261. The number of fused-ring (bicyclic) bond motifs is 11. The molecule has 0 N–H and O–H groups in total. The van der Waals surface area contributed by atoms with E-state index in [-0.39, 0.29) is 17.0 Å². The zero-order valence-corrected chi connectivity index (χ0v) is 19.7. The summed E-state index contributed by atoms with van der Waals surface area (Å²) in [4.78, 5) is 5.23. The maximum Gasteiger partial charge on any atom is 0.135 e. The van der Waals surface area contributed by atoms with Crippen molar-refractivity contribution in [2.45, 2.75) is 38.8 Å². The third kappa shape index (κ3) is 1.97. The van der Waals surface area contributed by atoms with Crippen molar-refractivity contribution in [3.8, 4) is 0 Å². The molecule has 0 bridgehead atoms. The third-order valence-electron chi connectivity index (χ3n) is 9.11. The largest absolute Gasteiger partial charge is 0.456 e. The van der Waals surface area contributed by atoms with E-state index in [2.05, 4.69) is 109 Å². The van der Waals surface area contributed by atoms with E-state index in [0.717, 1.165) is 11.2 Å². The number of benzene rings is 4. The predicted molar refractivity (Wildman–Crippen MR) is 139 cm³/mol. The van der Waals surface area contributed by atoms with Crippen molar-refractivity contribution in [1.82, 2.24) is 0 Å². The number of rotatable bonds is 1. The molecule has 1 aromatic heterocycles. The van der Waals surface area contributed by atoms with E-state index in [4.69, 9.17) is 4.42 Å². The first kappa shape index (κ1) is 18.7. The van der Waals surface area contributed by atoms with E-state index >= 15 is 0 Å². The molecule has 0 spiro atoms. The van der Waals surface area contributed by atoms with Crippen molar-refractivity contribution in [1.29, 1.82) is 0 Å². The lowest BCUT2D eigenvalue weighted by atomic mass is 9.81. The molecule has 3 atom stereocenters. The maximum atomic E-state index is 6.21. The molecule has 1 saturated carbocycles. The highest BCUT2D eigenvalue weighted by Gasteiger charge is 2.72. The smallest absolute Gasteiger partial charge is 0.135 e. The first-order valence-corrected chi connectivity index (χ1v) is 12.2. The minimum Gasteiger partial charge on any atom is -0.456 e. The zero-order valence-electron chi connectivity index (χ0n) is 19.7. The molecule has 3 nitrogen and oxygen atoms in total. The molecule has 166 valence electrons. The molecule has 0 saturated heterocycles. The molecule has 34 heavy (non-hydrogen) atoms. The lowest BCUT2D eigenvalue weighted by molar-refractivity contribution is 0.372. The number of furan rings is 1. The Bertz CT molecular complexity index is 1670. The Labute approximate surface area is 199 Å². The van der Waals surface area contributed by atoms with Gasteiger partial charge in [0.15, 0.2) is 0 Å². The number of para-hydroxylation sites is 4. The molecule has 2 aliphatic heterocycles. The molecule has 1 fully saturated rings. The van der Waals surface area contributed by atoms with Gasteiger partial charge in [-0.15, -0.1) is 0 Å². The number of nitrogens with zero attached hydrogens (tertiary/aromatic N) is 2. The van der Waals surface area contributed by atoms with E-state index in [9.17, 15) is 0 Å². The Morgan fingerprint density at radius 3 is 2.15 bits per heavy atom. The van der Waals surface area contributed by atoms with Gasteiger partial charge in [0.2, 0.25) is 0 Å². The van der Waals surface area contributed by atoms with Crippen LogP contribution >= 0.6 is 0 Å². The lowest BCUT2D eigenvalue weighted by Gasteiger charge is -2.45. The van der Waals surface area contributed by atoms with Crippen LogP contribution in [0.15, 0.2) is 89.3 Å². The Morgan fingerprint density at radius 1 is 0.706 bits per heavy atom. The van der Waals surface area contributed by atoms with Crippen LogP contribution in [0.1, 0.15) is 31.4 Å². The molecule has 4 aromatic carbocycles.